The first kappa shape index (κ1) is 21.3. The highest BCUT2D eigenvalue weighted by molar-refractivity contribution is 7.89. The van der Waals surface area contributed by atoms with E-state index >= 15 is 0 Å². The standard InChI is InChI=1S/C21H32N2O4S/c1-14-10-15-12-21(4,25)13-16(11-14)18(15)22-19(24)20(2,3)23-28(26,27)17-8-6-5-7-9-17/h5-9,14-16,18,23,25H,10-13H2,1-4H3,(H,22,24). The predicted molar refractivity (Wildman–Crippen MR) is 108 cm³/mol. The van der Waals surface area contributed by atoms with Crippen LogP contribution in [0, 0.1) is 17.8 Å². The number of fused-ring (bicyclic) bond motifs is 2. The summed E-state index contributed by atoms with van der Waals surface area (Å²) in [5, 5.41) is 13.7. The lowest BCUT2D eigenvalue weighted by Gasteiger charge is -2.50. The smallest absolute Gasteiger partial charge is 0.241 e. The highest BCUT2D eigenvalue weighted by atomic mass is 32.2. The van der Waals surface area contributed by atoms with Crippen molar-refractivity contribution in [2.24, 2.45) is 17.8 Å². The lowest BCUT2D eigenvalue weighted by molar-refractivity contribution is -0.130. The summed E-state index contributed by atoms with van der Waals surface area (Å²) < 4.78 is 27.8. The summed E-state index contributed by atoms with van der Waals surface area (Å²) >= 11 is 0. The highest BCUT2D eigenvalue weighted by Gasteiger charge is 2.48. The topological polar surface area (TPSA) is 95.5 Å². The molecule has 0 radical (unpaired) electrons. The third-order valence-electron chi connectivity index (χ3n) is 6.14. The van der Waals surface area contributed by atoms with Crippen molar-refractivity contribution >= 4 is 15.9 Å². The van der Waals surface area contributed by atoms with Crippen LogP contribution >= 0.6 is 0 Å². The number of benzene rings is 1. The molecule has 1 amide bonds. The second-order valence-electron chi connectivity index (χ2n) is 9.54. The molecule has 6 nitrogen and oxygen atoms in total. The Morgan fingerprint density at radius 3 is 2.21 bits per heavy atom. The average Bonchev–Trinajstić information content (AvgIpc) is 2.55. The summed E-state index contributed by atoms with van der Waals surface area (Å²) in [7, 11) is -3.80. The van der Waals surface area contributed by atoms with E-state index in [-0.39, 0.29) is 28.7 Å². The third kappa shape index (κ3) is 4.58. The van der Waals surface area contributed by atoms with Gasteiger partial charge >= 0.3 is 0 Å². The highest BCUT2D eigenvalue weighted by Crippen LogP contribution is 2.46. The molecular weight excluding hydrogens is 376 g/mol. The number of carbonyl (C=O) groups excluding carboxylic acids is 1. The zero-order chi connectivity index (χ0) is 20.7. The molecule has 2 fully saturated rings. The van der Waals surface area contributed by atoms with Crippen LogP contribution in [-0.4, -0.2) is 36.6 Å². The van der Waals surface area contributed by atoms with Crippen molar-refractivity contribution in [2.45, 2.75) is 75.5 Å². The van der Waals surface area contributed by atoms with Crippen LogP contribution in [0.15, 0.2) is 35.2 Å². The van der Waals surface area contributed by atoms with E-state index in [1.165, 1.54) is 12.1 Å². The van der Waals surface area contributed by atoms with Crippen LogP contribution in [-0.2, 0) is 14.8 Å². The molecule has 2 aliphatic rings. The Hall–Kier alpha value is -1.44. The molecule has 0 heterocycles. The summed E-state index contributed by atoms with van der Waals surface area (Å²) in [6.07, 6.45) is 3.26. The van der Waals surface area contributed by atoms with Gasteiger partial charge in [0.05, 0.1) is 10.5 Å². The number of nitrogens with one attached hydrogen (secondary N) is 2. The van der Waals surface area contributed by atoms with E-state index in [1.807, 2.05) is 6.92 Å². The summed E-state index contributed by atoms with van der Waals surface area (Å²) in [6.45, 7) is 7.26. The lowest BCUT2D eigenvalue weighted by Crippen LogP contribution is -2.62. The Morgan fingerprint density at radius 1 is 1.14 bits per heavy atom. The molecule has 3 rings (SSSR count). The maximum atomic E-state index is 13.0. The molecule has 0 aliphatic heterocycles. The van der Waals surface area contributed by atoms with Gasteiger partial charge in [-0.05, 0) is 76.3 Å². The first-order chi connectivity index (χ1) is 12.9. The molecule has 2 saturated carbocycles. The van der Waals surface area contributed by atoms with Crippen molar-refractivity contribution in [1.82, 2.24) is 10.0 Å². The van der Waals surface area contributed by atoms with Crippen molar-refractivity contribution in [1.29, 1.82) is 0 Å². The number of aliphatic hydroxyl groups is 1. The molecular formula is C21H32N2O4S. The number of hydrogen-bond acceptors (Lipinski definition) is 4. The third-order valence-corrected chi connectivity index (χ3v) is 7.81. The first-order valence-electron chi connectivity index (χ1n) is 10.0. The Kier molecular flexibility index (Phi) is 5.64. The van der Waals surface area contributed by atoms with E-state index < -0.39 is 21.2 Å². The van der Waals surface area contributed by atoms with Crippen LogP contribution in [0.3, 0.4) is 0 Å². The monoisotopic (exact) mass is 408 g/mol. The van der Waals surface area contributed by atoms with E-state index in [2.05, 4.69) is 17.0 Å². The van der Waals surface area contributed by atoms with Crippen LogP contribution < -0.4 is 10.0 Å². The van der Waals surface area contributed by atoms with E-state index in [1.54, 1.807) is 32.0 Å². The molecule has 2 unspecified atom stereocenters. The van der Waals surface area contributed by atoms with Gasteiger partial charge in [-0.2, -0.15) is 4.72 Å². The molecule has 3 N–H and O–H groups in total. The van der Waals surface area contributed by atoms with Crippen LogP contribution in [0.1, 0.15) is 53.4 Å². The maximum absolute atomic E-state index is 13.0. The number of rotatable bonds is 5. The number of sulfonamides is 1. The average molecular weight is 409 g/mol. The quantitative estimate of drug-likeness (QED) is 0.697. The van der Waals surface area contributed by atoms with Gasteiger partial charge in [-0.1, -0.05) is 25.1 Å². The van der Waals surface area contributed by atoms with Gasteiger partial charge in [-0.3, -0.25) is 4.79 Å². The summed E-state index contributed by atoms with van der Waals surface area (Å²) in [5.74, 6) is 0.665. The number of carbonyl (C=O) groups is 1. The first-order valence-corrected chi connectivity index (χ1v) is 11.5. The summed E-state index contributed by atoms with van der Waals surface area (Å²) in [6, 6.07) is 8.03. The van der Waals surface area contributed by atoms with Gasteiger partial charge in [-0.25, -0.2) is 8.42 Å². The molecule has 2 atom stereocenters. The van der Waals surface area contributed by atoms with Gasteiger partial charge < -0.3 is 10.4 Å². The fraction of sp³-hybridized carbons (Fsp3) is 0.667. The van der Waals surface area contributed by atoms with E-state index in [4.69, 9.17) is 0 Å². The van der Waals surface area contributed by atoms with Crippen molar-refractivity contribution in [3.63, 3.8) is 0 Å². The Bertz CT molecular complexity index is 802. The molecule has 28 heavy (non-hydrogen) atoms. The van der Waals surface area contributed by atoms with Gasteiger partial charge in [0, 0.05) is 6.04 Å². The summed E-state index contributed by atoms with van der Waals surface area (Å²) in [5.41, 5.74) is -1.98. The molecule has 156 valence electrons. The van der Waals surface area contributed by atoms with Crippen LogP contribution in [0.25, 0.3) is 0 Å². The van der Waals surface area contributed by atoms with Gasteiger partial charge in [0.1, 0.15) is 5.54 Å². The van der Waals surface area contributed by atoms with E-state index in [0.29, 0.717) is 18.8 Å². The molecule has 2 aliphatic carbocycles. The zero-order valence-electron chi connectivity index (χ0n) is 17.1. The second kappa shape index (κ2) is 7.43. The molecule has 1 aromatic rings. The van der Waals surface area contributed by atoms with Crippen molar-refractivity contribution < 1.29 is 18.3 Å². The van der Waals surface area contributed by atoms with Crippen molar-refractivity contribution in [2.75, 3.05) is 0 Å². The molecule has 1 aromatic carbocycles. The van der Waals surface area contributed by atoms with Gasteiger partial charge in [0.15, 0.2) is 0 Å². The van der Waals surface area contributed by atoms with Gasteiger partial charge in [0.2, 0.25) is 15.9 Å². The molecule has 2 bridgehead atoms. The summed E-state index contributed by atoms with van der Waals surface area (Å²) in [4.78, 5) is 13.2. The Balaban J connectivity index is 1.73. The minimum absolute atomic E-state index is 0.0237. The van der Waals surface area contributed by atoms with Gasteiger partial charge in [-0.15, -0.1) is 0 Å². The molecule has 7 heteroatoms. The SMILES string of the molecule is CC1CC2CC(C)(O)CC(C1)C2NC(=O)C(C)(C)NS(=O)(=O)c1ccccc1. The normalized spacial score (nSPS) is 33.3. The fourth-order valence-corrected chi connectivity index (χ4v) is 6.45. The van der Waals surface area contributed by atoms with E-state index in [9.17, 15) is 18.3 Å². The molecule has 0 saturated heterocycles. The molecule has 0 spiro atoms. The lowest BCUT2D eigenvalue weighted by atomic mass is 9.61. The van der Waals surface area contributed by atoms with Crippen molar-refractivity contribution in [3.05, 3.63) is 30.3 Å². The Morgan fingerprint density at radius 2 is 1.68 bits per heavy atom. The van der Waals surface area contributed by atoms with E-state index in [0.717, 1.165) is 12.8 Å². The fourth-order valence-electron chi connectivity index (χ4n) is 5.05. The molecule has 0 aromatic heterocycles. The zero-order valence-corrected chi connectivity index (χ0v) is 17.9. The van der Waals surface area contributed by atoms with Crippen molar-refractivity contribution in [3.8, 4) is 0 Å². The number of hydrogen-bond donors (Lipinski definition) is 3. The van der Waals surface area contributed by atoms with Crippen LogP contribution in [0.2, 0.25) is 0 Å². The Labute approximate surface area is 168 Å². The maximum Gasteiger partial charge on any atom is 0.241 e. The predicted octanol–water partition coefficient (Wildman–Crippen LogP) is 2.44. The van der Waals surface area contributed by atoms with Crippen LogP contribution in [0.5, 0.6) is 0 Å². The minimum Gasteiger partial charge on any atom is -0.390 e. The largest absolute Gasteiger partial charge is 0.390 e. The second-order valence-corrected chi connectivity index (χ2v) is 11.2. The van der Waals surface area contributed by atoms with Gasteiger partial charge in [0.25, 0.3) is 0 Å². The number of amides is 1. The minimum atomic E-state index is -3.80. The van der Waals surface area contributed by atoms with Crippen LogP contribution in [0.4, 0.5) is 0 Å².